The van der Waals surface area contributed by atoms with Crippen molar-refractivity contribution in [2.75, 3.05) is 6.61 Å². The third kappa shape index (κ3) is 1.48. The van der Waals surface area contributed by atoms with Gasteiger partial charge in [-0.1, -0.05) is 11.6 Å². The van der Waals surface area contributed by atoms with Crippen molar-refractivity contribution < 1.29 is 13.9 Å². The Kier molecular flexibility index (Phi) is 2.37. The predicted molar refractivity (Wildman–Crippen MR) is 39.0 cm³/mol. The quantitative estimate of drug-likeness (QED) is 0.455. The molecule has 1 saturated heterocycles. The normalized spacial score (nSPS) is 34.6. The molecule has 0 aromatic rings. The van der Waals surface area contributed by atoms with Gasteiger partial charge >= 0.3 is 5.97 Å². The summed E-state index contributed by atoms with van der Waals surface area (Å²) in [6.45, 7) is 1.88. The van der Waals surface area contributed by atoms with Crippen LogP contribution in [0.2, 0.25) is 0 Å². The van der Waals surface area contributed by atoms with Gasteiger partial charge in [0.15, 0.2) is 5.63 Å². The molecule has 0 aliphatic carbocycles. The minimum Gasteiger partial charge on any atom is -0.465 e. The van der Waals surface area contributed by atoms with E-state index in [1.165, 1.54) is 6.92 Å². The van der Waals surface area contributed by atoms with Gasteiger partial charge in [0.2, 0.25) is 0 Å². The maximum Gasteiger partial charge on any atom is 0.316 e. The molecule has 0 spiro atoms. The predicted octanol–water partition coefficient (Wildman–Crippen LogP) is 1.86. The highest BCUT2D eigenvalue weighted by molar-refractivity contribution is 6.21. The minimum atomic E-state index is -1.64. The van der Waals surface area contributed by atoms with E-state index in [0.717, 1.165) is 0 Å². The molecule has 1 heterocycles. The van der Waals surface area contributed by atoms with Gasteiger partial charge in [-0.3, -0.25) is 4.79 Å². The van der Waals surface area contributed by atoms with Crippen LogP contribution >= 0.6 is 11.6 Å². The van der Waals surface area contributed by atoms with E-state index >= 15 is 0 Å². The summed E-state index contributed by atoms with van der Waals surface area (Å²) in [4.78, 5) is 11.0. The topological polar surface area (TPSA) is 26.3 Å². The van der Waals surface area contributed by atoms with Crippen LogP contribution < -0.4 is 0 Å². The summed E-state index contributed by atoms with van der Waals surface area (Å²) in [6.07, 6.45) is 1.16. The number of carbonyl (C=O) groups is 1. The van der Waals surface area contributed by atoms with Crippen molar-refractivity contribution in [1.29, 1.82) is 0 Å². The number of rotatable bonds is 1. The van der Waals surface area contributed by atoms with E-state index in [4.69, 9.17) is 16.3 Å². The average molecular weight is 181 g/mol. The Morgan fingerprint density at radius 3 is 2.82 bits per heavy atom. The number of hydrogen-bond acceptors (Lipinski definition) is 2. The Balaban J connectivity index is 2.73. The van der Waals surface area contributed by atoms with Gasteiger partial charge in [-0.05, 0) is 19.8 Å². The van der Waals surface area contributed by atoms with Crippen molar-refractivity contribution in [3.63, 3.8) is 0 Å². The van der Waals surface area contributed by atoms with Crippen LogP contribution in [0.4, 0.5) is 4.39 Å². The second-order valence-electron chi connectivity index (χ2n) is 2.96. The van der Waals surface area contributed by atoms with E-state index < -0.39 is 17.0 Å². The smallest absolute Gasteiger partial charge is 0.316 e. The number of halogens is 2. The summed E-state index contributed by atoms with van der Waals surface area (Å²) >= 11 is 5.23. The standard InChI is InChI=1S/C7H10ClFO2/c1-7(5(8)9)3-2-4-11-6(7)10/h5H,2-4H2,1H3. The second-order valence-corrected chi connectivity index (χ2v) is 3.34. The van der Waals surface area contributed by atoms with Crippen molar-refractivity contribution in [2.45, 2.75) is 25.4 Å². The molecule has 0 N–H and O–H groups in total. The number of carbonyl (C=O) groups excluding carboxylic acids is 1. The highest BCUT2D eigenvalue weighted by Crippen LogP contribution is 2.36. The molecule has 0 bridgehead atoms. The fourth-order valence-corrected chi connectivity index (χ4v) is 1.27. The molecule has 11 heavy (non-hydrogen) atoms. The SMILES string of the molecule is CC1(C(F)Cl)CCCOC1=O. The molecular formula is C7H10ClFO2. The third-order valence-corrected chi connectivity index (χ3v) is 2.50. The lowest BCUT2D eigenvalue weighted by Gasteiger charge is -2.31. The van der Waals surface area contributed by atoms with E-state index in [1.54, 1.807) is 0 Å². The lowest BCUT2D eigenvalue weighted by molar-refractivity contribution is -0.163. The molecule has 0 aromatic heterocycles. The zero-order valence-electron chi connectivity index (χ0n) is 6.27. The molecule has 2 nitrogen and oxygen atoms in total. The number of hydrogen-bond donors (Lipinski definition) is 0. The van der Waals surface area contributed by atoms with Crippen molar-refractivity contribution in [3.8, 4) is 0 Å². The van der Waals surface area contributed by atoms with Crippen LogP contribution in [0.1, 0.15) is 19.8 Å². The lowest BCUT2D eigenvalue weighted by Crippen LogP contribution is -2.40. The van der Waals surface area contributed by atoms with Gasteiger partial charge in [0.05, 0.1) is 6.61 Å². The van der Waals surface area contributed by atoms with E-state index in [0.29, 0.717) is 19.4 Å². The molecule has 4 heteroatoms. The molecule has 1 fully saturated rings. The van der Waals surface area contributed by atoms with Gasteiger partial charge in [0.1, 0.15) is 5.41 Å². The minimum absolute atomic E-state index is 0.387. The van der Waals surface area contributed by atoms with Crippen LogP contribution in [-0.4, -0.2) is 18.2 Å². The first-order valence-electron chi connectivity index (χ1n) is 3.53. The van der Waals surface area contributed by atoms with Gasteiger partial charge in [0, 0.05) is 0 Å². The molecule has 2 unspecified atom stereocenters. The lowest BCUT2D eigenvalue weighted by atomic mass is 9.85. The Hall–Kier alpha value is -0.310. The Morgan fingerprint density at radius 2 is 2.45 bits per heavy atom. The molecule has 64 valence electrons. The molecule has 0 aromatic carbocycles. The molecule has 0 radical (unpaired) electrons. The van der Waals surface area contributed by atoms with Crippen LogP contribution in [-0.2, 0) is 9.53 Å². The van der Waals surface area contributed by atoms with E-state index in [1.807, 2.05) is 0 Å². The Morgan fingerprint density at radius 1 is 1.82 bits per heavy atom. The first kappa shape index (κ1) is 8.78. The second kappa shape index (κ2) is 2.97. The zero-order chi connectivity index (χ0) is 8.48. The van der Waals surface area contributed by atoms with Gasteiger partial charge < -0.3 is 4.74 Å². The summed E-state index contributed by atoms with van der Waals surface area (Å²) < 4.78 is 17.4. The van der Waals surface area contributed by atoms with Gasteiger partial charge in [-0.2, -0.15) is 0 Å². The van der Waals surface area contributed by atoms with Crippen LogP contribution in [0.15, 0.2) is 0 Å². The molecule has 0 amide bonds. The highest BCUT2D eigenvalue weighted by Gasteiger charge is 2.44. The largest absolute Gasteiger partial charge is 0.465 e. The summed E-state index contributed by atoms with van der Waals surface area (Å²) in [6, 6.07) is 0. The number of alkyl halides is 2. The number of esters is 1. The maximum absolute atomic E-state index is 12.7. The molecule has 1 rings (SSSR count). The summed E-state index contributed by atoms with van der Waals surface area (Å²) in [5, 5.41) is 0. The maximum atomic E-state index is 12.7. The molecule has 1 aliphatic rings. The van der Waals surface area contributed by atoms with Crippen LogP contribution in [0.25, 0.3) is 0 Å². The summed E-state index contributed by atoms with van der Waals surface area (Å²) in [5.74, 6) is -0.522. The molecule has 2 atom stereocenters. The van der Waals surface area contributed by atoms with Gasteiger partial charge in [0.25, 0.3) is 0 Å². The first-order valence-corrected chi connectivity index (χ1v) is 3.96. The van der Waals surface area contributed by atoms with Crippen LogP contribution in [0.3, 0.4) is 0 Å². The third-order valence-electron chi connectivity index (χ3n) is 2.02. The fraction of sp³-hybridized carbons (Fsp3) is 0.857. The summed E-state index contributed by atoms with van der Waals surface area (Å²) in [5.41, 5.74) is -2.77. The Labute approximate surface area is 69.7 Å². The molecule has 1 aliphatic heterocycles. The van der Waals surface area contributed by atoms with Crippen molar-refractivity contribution in [2.24, 2.45) is 5.41 Å². The van der Waals surface area contributed by atoms with Crippen LogP contribution in [0, 0.1) is 5.41 Å². The fourth-order valence-electron chi connectivity index (χ4n) is 1.07. The molecule has 0 saturated carbocycles. The van der Waals surface area contributed by atoms with E-state index in [2.05, 4.69) is 0 Å². The highest BCUT2D eigenvalue weighted by atomic mass is 35.5. The van der Waals surface area contributed by atoms with Crippen molar-refractivity contribution >= 4 is 17.6 Å². The van der Waals surface area contributed by atoms with Crippen molar-refractivity contribution in [1.82, 2.24) is 0 Å². The summed E-state index contributed by atoms with van der Waals surface area (Å²) in [7, 11) is 0. The van der Waals surface area contributed by atoms with Gasteiger partial charge in [-0.15, -0.1) is 0 Å². The van der Waals surface area contributed by atoms with E-state index in [-0.39, 0.29) is 0 Å². The first-order chi connectivity index (χ1) is 5.07. The number of cyclic esters (lactones) is 1. The van der Waals surface area contributed by atoms with Crippen LogP contribution in [0.5, 0.6) is 0 Å². The molecular weight excluding hydrogens is 171 g/mol. The Bertz CT molecular complexity index is 172. The monoisotopic (exact) mass is 180 g/mol. The van der Waals surface area contributed by atoms with Crippen molar-refractivity contribution in [3.05, 3.63) is 0 Å². The van der Waals surface area contributed by atoms with E-state index in [9.17, 15) is 9.18 Å². The number of ether oxygens (including phenoxy) is 1. The zero-order valence-corrected chi connectivity index (χ0v) is 7.03. The average Bonchev–Trinajstić information content (AvgIpc) is 1.95. The van der Waals surface area contributed by atoms with Gasteiger partial charge in [-0.25, -0.2) is 4.39 Å².